The van der Waals surface area contributed by atoms with Crippen molar-refractivity contribution in [3.8, 4) is 0 Å². The van der Waals surface area contributed by atoms with E-state index in [-0.39, 0.29) is 25.0 Å². The standard InChI is InChI=1S/C19H26FNO5/c1-13(2)19(18(23)24)6-7-21(12-19)17(22)14-4-5-16(20)15(10-14)11-26-9-8-25-3/h4-5,10,13H,6-9,11-12H2,1-3H3,(H,23,24). The Bertz CT molecular complexity index is 663. The summed E-state index contributed by atoms with van der Waals surface area (Å²) in [6.07, 6.45) is 0.417. The molecule has 7 heteroatoms. The number of methoxy groups -OCH3 is 1. The van der Waals surface area contributed by atoms with Gasteiger partial charge in [-0.25, -0.2) is 4.39 Å². The maximum absolute atomic E-state index is 13.9. The summed E-state index contributed by atoms with van der Waals surface area (Å²) in [4.78, 5) is 26.0. The summed E-state index contributed by atoms with van der Waals surface area (Å²) in [5.41, 5.74) is -0.303. The van der Waals surface area contributed by atoms with E-state index in [9.17, 15) is 19.1 Å². The van der Waals surface area contributed by atoms with Crippen LogP contribution < -0.4 is 0 Å². The molecule has 1 aromatic carbocycles. The summed E-state index contributed by atoms with van der Waals surface area (Å²) in [6, 6.07) is 4.14. The maximum atomic E-state index is 13.9. The van der Waals surface area contributed by atoms with Crippen molar-refractivity contribution in [1.82, 2.24) is 4.90 Å². The smallest absolute Gasteiger partial charge is 0.311 e. The molecule has 1 aliphatic heterocycles. The Kier molecular flexibility index (Phi) is 6.72. The third-order valence-corrected chi connectivity index (χ3v) is 5.10. The number of carbonyl (C=O) groups excluding carboxylic acids is 1. The Hall–Kier alpha value is -1.99. The molecule has 1 aromatic rings. The molecule has 1 heterocycles. The van der Waals surface area contributed by atoms with Crippen molar-refractivity contribution < 1.29 is 28.6 Å². The molecular weight excluding hydrogens is 341 g/mol. The number of halogens is 1. The molecule has 0 aromatic heterocycles. The van der Waals surface area contributed by atoms with E-state index in [0.29, 0.717) is 37.3 Å². The van der Waals surface area contributed by atoms with Gasteiger partial charge in [-0.2, -0.15) is 0 Å². The highest BCUT2D eigenvalue weighted by Gasteiger charge is 2.48. The molecule has 0 radical (unpaired) electrons. The number of carbonyl (C=O) groups is 2. The van der Waals surface area contributed by atoms with Crippen molar-refractivity contribution in [2.24, 2.45) is 11.3 Å². The quantitative estimate of drug-likeness (QED) is 0.715. The fraction of sp³-hybridized carbons (Fsp3) is 0.579. The van der Waals surface area contributed by atoms with Gasteiger partial charge in [0.05, 0.1) is 25.2 Å². The van der Waals surface area contributed by atoms with Crippen molar-refractivity contribution in [1.29, 1.82) is 0 Å². The number of hydrogen-bond donors (Lipinski definition) is 1. The number of rotatable bonds is 8. The van der Waals surface area contributed by atoms with Crippen LogP contribution in [0.3, 0.4) is 0 Å². The van der Waals surface area contributed by atoms with E-state index in [1.807, 2.05) is 13.8 Å². The molecule has 0 spiro atoms. The first-order valence-corrected chi connectivity index (χ1v) is 8.69. The van der Waals surface area contributed by atoms with Gasteiger partial charge in [-0.1, -0.05) is 13.8 Å². The summed E-state index contributed by atoms with van der Waals surface area (Å²) in [7, 11) is 1.55. The molecule has 2 rings (SSSR count). The Morgan fingerprint density at radius 1 is 1.35 bits per heavy atom. The number of hydrogen-bond acceptors (Lipinski definition) is 4. The van der Waals surface area contributed by atoms with Crippen molar-refractivity contribution in [2.75, 3.05) is 33.4 Å². The van der Waals surface area contributed by atoms with Gasteiger partial charge in [0.2, 0.25) is 0 Å². The van der Waals surface area contributed by atoms with Gasteiger partial charge in [0.15, 0.2) is 0 Å². The lowest BCUT2D eigenvalue weighted by Crippen LogP contribution is -2.40. The fourth-order valence-electron chi connectivity index (χ4n) is 3.22. The molecule has 6 nitrogen and oxygen atoms in total. The van der Waals surface area contributed by atoms with Crippen molar-refractivity contribution >= 4 is 11.9 Å². The molecule has 1 atom stereocenters. The lowest BCUT2D eigenvalue weighted by molar-refractivity contribution is -0.150. The molecule has 0 bridgehead atoms. The van der Waals surface area contributed by atoms with Gasteiger partial charge >= 0.3 is 5.97 Å². The zero-order chi connectivity index (χ0) is 19.3. The van der Waals surface area contributed by atoms with Crippen LogP contribution in [0.4, 0.5) is 4.39 Å². The molecule has 1 aliphatic rings. The molecule has 1 saturated heterocycles. The van der Waals surface area contributed by atoms with Gasteiger partial charge in [0.1, 0.15) is 5.82 Å². The van der Waals surface area contributed by atoms with E-state index >= 15 is 0 Å². The zero-order valence-corrected chi connectivity index (χ0v) is 15.5. The predicted molar refractivity (Wildman–Crippen MR) is 93.4 cm³/mol. The highest BCUT2D eigenvalue weighted by molar-refractivity contribution is 5.95. The summed E-state index contributed by atoms with van der Waals surface area (Å²) in [5.74, 6) is -1.70. The minimum Gasteiger partial charge on any atom is -0.481 e. The van der Waals surface area contributed by atoms with Crippen molar-refractivity contribution in [2.45, 2.75) is 26.9 Å². The monoisotopic (exact) mass is 367 g/mol. The second-order valence-corrected chi connectivity index (χ2v) is 6.94. The number of nitrogens with zero attached hydrogens (tertiary/aromatic N) is 1. The topological polar surface area (TPSA) is 76.1 Å². The summed E-state index contributed by atoms with van der Waals surface area (Å²) >= 11 is 0. The van der Waals surface area contributed by atoms with Gasteiger partial charge in [-0.05, 0) is 30.5 Å². The van der Waals surface area contributed by atoms with E-state index < -0.39 is 17.2 Å². The first-order valence-electron chi connectivity index (χ1n) is 8.69. The van der Waals surface area contributed by atoms with Gasteiger partial charge in [-0.3, -0.25) is 9.59 Å². The molecule has 26 heavy (non-hydrogen) atoms. The summed E-state index contributed by atoms with van der Waals surface area (Å²) in [5, 5.41) is 9.61. The van der Waals surface area contributed by atoms with E-state index in [2.05, 4.69) is 0 Å². The van der Waals surface area contributed by atoms with E-state index in [1.54, 1.807) is 7.11 Å². The van der Waals surface area contributed by atoms with E-state index in [4.69, 9.17) is 9.47 Å². The number of amides is 1. The van der Waals surface area contributed by atoms with Gasteiger partial charge in [0, 0.05) is 31.3 Å². The first kappa shape index (κ1) is 20.3. The van der Waals surface area contributed by atoms with Crippen LogP contribution in [0.5, 0.6) is 0 Å². The van der Waals surface area contributed by atoms with Gasteiger partial charge in [-0.15, -0.1) is 0 Å². The second kappa shape index (κ2) is 8.60. The third kappa shape index (κ3) is 4.22. The van der Waals surface area contributed by atoms with E-state index in [1.165, 1.54) is 23.1 Å². The van der Waals surface area contributed by atoms with Crippen LogP contribution in [0.15, 0.2) is 18.2 Å². The number of likely N-dealkylation sites (tertiary alicyclic amines) is 1. The SMILES string of the molecule is COCCOCc1cc(C(=O)N2CCC(C(=O)O)(C(C)C)C2)ccc1F. The molecule has 1 unspecified atom stereocenters. The van der Waals surface area contributed by atoms with Crippen LogP contribution in [-0.4, -0.2) is 55.3 Å². The van der Waals surface area contributed by atoms with Crippen LogP contribution in [0.1, 0.15) is 36.2 Å². The summed E-state index contributed by atoms with van der Waals surface area (Å²) in [6.45, 7) is 5.03. The molecule has 144 valence electrons. The second-order valence-electron chi connectivity index (χ2n) is 6.94. The first-order chi connectivity index (χ1) is 12.3. The zero-order valence-electron chi connectivity index (χ0n) is 15.5. The normalized spacial score (nSPS) is 20.0. The Labute approximate surface area is 152 Å². The summed E-state index contributed by atoms with van der Waals surface area (Å²) < 4.78 is 24.1. The number of aliphatic carboxylic acids is 1. The Morgan fingerprint density at radius 2 is 2.08 bits per heavy atom. The molecular formula is C19H26FNO5. The van der Waals surface area contributed by atoms with Crippen LogP contribution in [0.2, 0.25) is 0 Å². The number of carboxylic acid groups (broad SMARTS) is 1. The number of carboxylic acids is 1. The number of ether oxygens (including phenoxy) is 2. The van der Waals surface area contributed by atoms with Gasteiger partial charge in [0.25, 0.3) is 5.91 Å². The molecule has 0 saturated carbocycles. The predicted octanol–water partition coefficient (Wildman–Crippen LogP) is 2.56. The maximum Gasteiger partial charge on any atom is 0.311 e. The molecule has 1 fully saturated rings. The third-order valence-electron chi connectivity index (χ3n) is 5.10. The van der Waals surface area contributed by atoms with Crippen molar-refractivity contribution in [3.63, 3.8) is 0 Å². The lowest BCUT2D eigenvalue weighted by Gasteiger charge is -2.28. The number of benzene rings is 1. The van der Waals surface area contributed by atoms with E-state index in [0.717, 1.165) is 0 Å². The molecule has 1 N–H and O–H groups in total. The average Bonchev–Trinajstić information content (AvgIpc) is 3.06. The largest absolute Gasteiger partial charge is 0.481 e. The fourth-order valence-corrected chi connectivity index (χ4v) is 3.22. The van der Waals surface area contributed by atoms with Crippen LogP contribution in [0, 0.1) is 17.2 Å². The highest BCUT2D eigenvalue weighted by Crippen LogP contribution is 2.38. The Morgan fingerprint density at radius 3 is 2.65 bits per heavy atom. The van der Waals surface area contributed by atoms with Crippen LogP contribution in [-0.2, 0) is 20.9 Å². The van der Waals surface area contributed by atoms with Crippen LogP contribution >= 0.6 is 0 Å². The van der Waals surface area contributed by atoms with Crippen molar-refractivity contribution in [3.05, 3.63) is 35.1 Å². The van der Waals surface area contributed by atoms with Gasteiger partial charge < -0.3 is 19.5 Å². The molecule has 1 amide bonds. The minimum atomic E-state index is -0.929. The van der Waals surface area contributed by atoms with Crippen LogP contribution in [0.25, 0.3) is 0 Å². The average molecular weight is 367 g/mol. The highest BCUT2D eigenvalue weighted by atomic mass is 19.1. The Balaban J connectivity index is 2.11. The lowest BCUT2D eigenvalue weighted by atomic mass is 9.76. The molecule has 0 aliphatic carbocycles. The minimum absolute atomic E-state index is 0.0430.